The molecule has 0 aromatic heterocycles. The molecule has 3 saturated carbocycles. The standard InChI is InChI=1S/C34H49BrO2/c1-22(2)7-6-8-23(3)29-15-16-30-28-14-9-25-21-24(32(36)37-27-12-10-26(35)11-13-27)17-19-33(25,4)31(28)18-20-34(29,30)5/h9-13,22-24,28-31H,6-8,14-21H2,1-5H3/t23-,24+,28+,29-,30+,31+,33+,34-/m1/s1. The zero-order chi connectivity index (χ0) is 26.4. The number of carbonyl (C=O) groups excluding carboxylic acids is 1. The minimum Gasteiger partial charge on any atom is -0.426 e. The van der Waals surface area contributed by atoms with Gasteiger partial charge in [-0.1, -0.05) is 81.5 Å². The maximum Gasteiger partial charge on any atom is 0.314 e. The van der Waals surface area contributed by atoms with E-state index in [2.05, 4.69) is 56.6 Å². The molecule has 0 heterocycles. The Morgan fingerprint density at radius 3 is 2.49 bits per heavy atom. The van der Waals surface area contributed by atoms with Gasteiger partial charge in [-0.3, -0.25) is 4.79 Å². The van der Waals surface area contributed by atoms with Crippen LogP contribution in [0.2, 0.25) is 0 Å². The highest BCUT2D eigenvalue weighted by Gasteiger charge is 2.59. The number of rotatable bonds is 7. The molecule has 3 heteroatoms. The van der Waals surface area contributed by atoms with E-state index in [0.717, 1.165) is 59.2 Å². The van der Waals surface area contributed by atoms with Gasteiger partial charge >= 0.3 is 5.97 Å². The van der Waals surface area contributed by atoms with Crippen molar-refractivity contribution in [2.24, 2.45) is 52.3 Å². The molecule has 1 aromatic carbocycles. The third-order valence-electron chi connectivity index (χ3n) is 11.7. The highest BCUT2D eigenvalue weighted by atomic mass is 79.9. The van der Waals surface area contributed by atoms with Crippen LogP contribution in [0.15, 0.2) is 40.4 Å². The molecule has 2 nitrogen and oxygen atoms in total. The summed E-state index contributed by atoms with van der Waals surface area (Å²) in [7, 11) is 0. The van der Waals surface area contributed by atoms with Crippen molar-refractivity contribution in [3.63, 3.8) is 0 Å². The van der Waals surface area contributed by atoms with Crippen LogP contribution in [-0.4, -0.2) is 5.97 Å². The van der Waals surface area contributed by atoms with E-state index >= 15 is 0 Å². The number of hydrogen-bond donors (Lipinski definition) is 0. The first-order valence-electron chi connectivity index (χ1n) is 15.3. The van der Waals surface area contributed by atoms with Crippen molar-refractivity contribution in [1.29, 1.82) is 0 Å². The van der Waals surface area contributed by atoms with E-state index in [0.29, 0.717) is 11.2 Å². The molecule has 3 fully saturated rings. The maximum absolute atomic E-state index is 13.1. The fourth-order valence-corrected chi connectivity index (χ4v) is 9.85. The summed E-state index contributed by atoms with van der Waals surface area (Å²) in [6.45, 7) is 12.5. The van der Waals surface area contributed by atoms with Crippen LogP contribution in [0.5, 0.6) is 5.75 Å². The van der Waals surface area contributed by atoms with Gasteiger partial charge < -0.3 is 4.74 Å². The molecule has 0 spiro atoms. The first-order chi connectivity index (χ1) is 17.6. The smallest absolute Gasteiger partial charge is 0.314 e. The molecule has 5 rings (SSSR count). The van der Waals surface area contributed by atoms with Crippen molar-refractivity contribution in [2.45, 2.75) is 105 Å². The van der Waals surface area contributed by atoms with Crippen LogP contribution in [0, 0.1) is 52.3 Å². The molecule has 4 aliphatic rings. The van der Waals surface area contributed by atoms with Gasteiger partial charge in [-0.05, 0) is 122 Å². The average Bonchev–Trinajstić information content (AvgIpc) is 3.22. The fraction of sp³-hybridized carbons (Fsp3) is 0.735. The second-order valence-corrected chi connectivity index (χ2v) is 15.0. The number of halogens is 1. The Morgan fingerprint density at radius 1 is 1.00 bits per heavy atom. The first kappa shape index (κ1) is 27.5. The Kier molecular flexibility index (Phi) is 8.03. The number of fused-ring (bicyclic) bond motifs is 5. The van der Waals surface area contributed by atoms with Gasteiger partial charge in [0.25, 0.3) is 0 Å². The number of hydrogen-bond acceptors (Lipinski definition) is 2. The second kappa shape index (κ2) is 10.8. The lowest BCUT2D eigenvalue weighted by molar-refractivity contribution is -0.140. The summed E-state index contributed by atoms with van der Waals surface area (Å²) in [5, 5.41) is 0. The van der Waals surface area contributed by atoms with Crippen molar-refractivity contribution in [3.8, 4) is 5.75 Å². The van der Waals surface area contributed by atoms with Crippen LogP contribution in [0.1, 0.15) is 105 Å². The van der Waals surface area contributed by atoms with Crippen LogP contribution in [-0.2, 0) is 4.79 Å². The molecule has 37 heavy (non-hydrogen) atoms. The molecule has 1 aromatic rings. The van der Waals surface area contributed by atoms with Gasteiger partial charge in [0.15, 0.2) is 0 Å². The quantitative estimate of drug-likeness (QED) is 0.186. The van der Waals surface area contributed by atoms with E-state index in [1.54, 1.807) is 5.57 Å². The molecule has 0 bridgehead atoms. The number of benzene rings is 1. The molecule has 0 aliphatic heterocycles. The van der Waals surface area contributed by atoms with Crippen LogP contribution < -0.4 is 4.74 Å². The third kappa shape index (κ3) is 5.24. The Labute approximate surface area is 234 Å². The molecule has 4 aliphatic carbocycles. The lowest BCUT2D eigenvalue weighted by Crippen LogP contribution is -2.50. The molecule has 0 saturated heterocycles. The molecule has 0 amide bonds. The Balaban J connectivity index is 1.25. The SMILES string of the molecule is CC(C)CCC[C@@H](C)[C@H]1CC[C@H]2[C@@H]3CC=C4C[C@@H](C(=O)Oc5ccc(Br)cc5)CC[C@]4(C)[C@H]3CC[C@]12C. The summed E-state index contributed by atoms with van der Waals surface area (Å²) in [4.78, 5) is 13.1. The number of allylic oxidation sites excluding steroid dienone is 2. The van der Waals surface area contributed by atoms with Gasteiger partial charge in [-0.25, -0.2) is 0 Å². The van der Waals surface area contributed by atoms with Crippen molar-refractivity contribution in [1.82, 2.24) is 0 Å². The Hall–Kier alpha value is -1.09. The summed E-state index contributed by atoms with van der Waals surface area (Å²) in [6, 6.07) is 7.61. The molecular formula is C34H49BrO2. The zero-order valence-corrected chi connectivity index (χ0v) is 25.5. The van der Waals surface area contributed by atoms with E-state index in [1.807, 2.05) is 24.3 Å². The van der Waals surface area contributed by atoms with E-state index in [-0.39, 0.29) is 17.3 Å². The van der Waals surface area contributed by atoms with Crippen molar-refractivity contribution in [2.75, 3.05) is 0 Å². The van der Waals surface area contributed by atoms with E-state index in [4.69, 9.17) is 4.74 Å². The topological polar surface area (TPSA) is 26.3 Å². The molecule has 0 radical (unpaired) electrons. The fourth-order valence-electron chi connectivity index (χ4n) is 9.59. The van der Waals surface area contributed by atoms with E-state index in [9.17, 15) is 4.79 Å². The average molecular weight is 570 g/mol. The van der Waals surface area contributed by atoms with Crippen LogP contribution in [0.3, 0.4) is 0 Å². The number of ether oxygens (including phenoxy) is 1. The van der Waals surface area contributed by atoms with Crippen molar-refractivity contribution in [3.05, 3.63) is 40.4 Å². The largest absolute Gasteiger partial charge is 0.426 e. The minimum atomic E-state index is -0.0475. The normalized spacial score (nSPS) is 37.8. The van der Waals surface area contributed by atoms with Crippen LogP contribution in [0.4, 0.5) is 0 Å². The highest BCUT2D eigenvalue weighted by Crippen LogP contribution is 2.67. The van der Waals surface area contributed by atoms with Gasteiger partial charge in [-0.15, -0.1) is 0 Å². The second-order valence-electron chi connectivity index (χ2n) is 14.1. The van der Waals surface area contributed by atoms with Gasteiger partial charge in [0.1, 0.15) is 5.75 Å². The zero-order valence-electron chi connectivity index (χ0n) is 23.9. The Morgan fingerprint density at radius 2 is 1.76 bits per heavy atom. The first-order valence-corrected chi connectivity index (χ1v) is 16.1. The molecule has 0 N–H and O–H groups in total. The molecular weight excluding hydrogens is 520 g/mol. The van der Waals surface area contributed by atoms with Gasteiger partial charge in [0.05, 0.1) is 5.92 Å². The minimum absolute atomic E-state index is 0.00377. The molecule has 0 unspecified atom stereocenters. The van der Waals surface area contributed by atoms with Gasteiger partial charge in [0, 0.05) is 4.47 Å². The number of carbonyl (C=O) groups is 1. The highest BCUT2D eigenvalue weighted by molar-refractivity contribution is 9.10. The summed E-state index contributed by atoms with van der Waals surface area (Å²) in [5.41, 5.74) is 2.38. The van der Waals surface area contributed by atoms with Gasteiger partial charge in [-0.2, -0.15) is 0 Å². The predicted molar refractivity (Wildman–Crippen MR) is 156 cm³/mol. The Bertz CT molecular complexity index is 996. The summed E-state index contributed by atoms with van der Waals surface area (Å²) in [5.74, 6) is 5.73. The monoisotopic (exact) mass is 568 g/mol. The van der Waals surface area contributed by atoms with E-state index < -0.39 is 0 Å². The molecule has 204 valence electrons. The van der Waals surface area contributed by atoms with Crippen molar-refractivity contribution < 1.29 is 9.53 Å². The van der Waals surface area contributed by atoms with Crippen LogP contribution >= 0.6 is 15.9 Å². The lowest BCUT2D eigenvalue weighted by Gasteiger charge is -2.58. The van der Waals surface area contributed by atoms with Gasteiger partial charge in [0.2, 0.25) is 0 Å². The third-order valence-corrected chi connectivity index (χ3v) is 12.2. The maximum atomic E-state index is 13.1. The summed E-state index contributed by atoms with van der Waals surface area (Å²) < 4.78 is 6.79. The number of esters is 1. The lowest BCUT2D eigenvalue weighted by atomic mass is 9.46. The molecule has 8 atom stereocenters. The van der Waals surface area contributed by atoms with E-state index in [1.165, 1.54) is 51.4 Å². The predicted octanol–water partition coefficient (Wildman–Crippen LogP) is 10.0. The van der Waals surface area contributed by atoms with Crippen molar-refractivity contribution >= 4 is 21.9 Å². The summed E-state index contributed by atoms with van der Waals surface area (Å²) >= 11 is 3.46. The summed E-state index contributed by atoms with van der Waals surface area (Å²) in [6.07, 6.45) is 16.7. The van der Waals surface area contributed by atoms with Crippen LogP contribution in [0.25, 0.3) is 0 Å².